The van der Waals surface area contributed by atoms with Crippen molar-refractivity contribution in [1.82, 2.24) is 15.1 Å². The number of aryl methyl sites for hydroxylation is 1. The third-order valence-corrected chi connectivity index (χ3v) is 5.70. The summed E-state index contributed by atoms with van der Waals surface area (Å²) >= 11 is 0. The molecule has 0 aliphatic carbocycles. The van der Waals surface area contributed by atoms with Crippen molar-refractivity contribution in [2.45, 2.75) is 57.2 Å². The third kappa shape index (κ3) is 4.22. The lowest BCUT2D eigenvalue weighted by atomic mass is 9.89. The Bertz CT molecular complexity index is 791. The molecule has 1 amide bonds. The van der Waals surface area contributed by atoms with E-state index < -0.39 is 0 Å². The highest BCUT2D eigenvalue weighted by Gasteiger charge is 2.45. The van der Waals surface area contributed by atoms with Crippen molar-refractivity contribution in [2.75, 3.05) is 19.7 Å². The van der Waals surface area contributed by atoms with Crippen molar-refractivity contribution < 1.29 is 14.3 Å². The Hall–Kier alpha value is -2.34. The predicted molar refractivity (Wildman–Crippen MR) is 106 cm³/mol. The van der Waals surface area contributed by atoms with Crippen LogP contribution in [0.3, 0.4) is 0 Å². The number of amides is 1. The Labute approximate surface area is 166 Å². The third-order valence-electron chi connectivity index (χ3n) is 5.70. The zero-order valence-electron chi connectivity index (χ0n) is 16.5. The number of nitrogens with zero attached hydrogens (tertiary/aromatic N) is 2. The number of carbonyl (C=O) groups is 1. The molecule has 2 aliphatic heterocycles. The maximum Gasteiger partial charge on any atom is 0.274 e. The molecule has 2 atom stereocenters. The summed E-state index contributed by atoms with van der Waals surface area (Å²) in [4.78, 5) is 14.9. The number of ether oxygens (including phenoxy) is 2. The summed E-state index contributed by atoms with van der Waals surface area (Å²) in [7, 11) is 0. The molecule has 1 spiro atoms. The number of hydrogen-bond acceptors (Lipinski definition) is 4. The second-order valence-electron chi connectivity index (χ2n) is 7.96. The number of carbonyl (C=O) groups excluding carboxylic acids is 1. The molecule has 2 fully saturated rings. The lowest BCUT2D eigenvalue weighted by Crippen LogP contribution is -2.50. The van der Waals surface area contributed by atoms with E-state index >= 15 is 0 Å². The van der Waals surface area contributed by atoms with Crippen molar-refractivity contribution in [1.29, 1.82) is 0 Å². The van der Waals surface area contributed by atoms with Gasteiger partial charge >= 0.3 is 0 Å². The van der Waals surface area contributed by atoms with Crippen LogP contribution in [-0.2, 0) is 11.2 Å². The number of nitrogens with one attached hydrogen (secondary N) is 1. The second-order valence-corrected chi connectivity index (χ2v) is 7.96. The Kier molecular flexibility index (Phi) is 5.67. The van der Waals surface area contributed by atoms with Gasteiger partial charge in [-0.1, -0.05) is 31.5 Å². The summed E-state index contributed by atoms with van der Waals surface area (Å²) < 4.78 is 12.3. The van der Waals surface area contributed by atoms with Crippen LogP contribution in [0.15, 0.2) is 36.4 Å². The van der Waals surface area contributed by atoms with Gasteiger partial charge in [-0.3, -0.25) is 9.89 Å². The van der Waals surface area contributed by atoms with E-state index in [9.17, 15) is 4.79 Å². The van der Waals surface area contributed by atoms with Crippen LogP contribution in [0.5, 0.6) is 5.75 Å². The van der Waals surface area contributed by atoms with Gasteiger partial charge in [0, 0.05) is 18.7 Å². The Morgan fingerprint density at radius 1 is 1.39 bits per heavy atom. The summed E-state index contributed by atoms with van der Waals surface area (Å²) in [6.45, 7) is 4.09. The average molecular weight is 383 g/mol. The van der Waals surface area contributed by atoms with Crippen LogP contribution < -0.4 is 4.74 Å². The second kappa shape index (κ2) is 8.35. The highest BCUT2D eigenvalue weighted by atomic mass is 16.6. The minimum atomic E-state index is -0.297. The number of benzene rings is 1. The first-order valence-corrected chi connectivity index (χ1v) is 10.4. The first kappa shape index (κ1) is 19.0. The van der Waals surface area contributed by atoms with E-state index in [-0.39, 0.29) is 17.6 Å². The van der Waals surface area contributed by atoms with Crippen LogP contribution in [0.25, 0.3) is 0 Å². The van der Waals surface area contributed by atoms with Gasteiger partial charge in [-0.2, -0.15) is 5.10 Å². The molecule has 0 bridgehead atoms. The summed E-state index contributed by atoms with van der Waals surface area (Å²) in [5.41, 5.74) is 1.25. The van der Waals surface area contributed by atoms with Crippen molar-refractivity contribution in [3.05, 3.63) is 47.8 Å². The number of aromatic amines is 1. The summed E-state index contributed by atoms with van der Waals surface area (Å²) in [5, 5.41) is 7.26. The Morgan fingerprint density at radius 2 is 2.25 bits per heavy atom. The highest BCUT2D eigenvalue weighted by Crippen LogP contribution is 2.36. The number of unbranched alkanes of at least 4 members (excludes halogenated alkanes) is 1. The summed E-state index contributed by atoms with van der Waals surface area (Å²) in [5.74, 6) is 0.863. The van der Waals surface area contributed by atoms with Crippen LogP contribution in [0, 0.1) is 0 Å². The van der Waals surface area contributed by atoms with Gasteiger partial charge in [-0.25, -0.2) is 0 Å². The normalized spacial score (nSPS) is 24.6. The molecule has 0 unspecified atom stereocenters. The van der Waals surface area contributed by atoms with E-state index in [1.165, 1.54) is 0 Å². The van der Waals surface area contributed by atoms with Crippen LogP contribution >= 0.6 is 0 Å². The fourth-order valence-electron chi connectivity index (χ4n) is 4.25. The number of rotatable bonds is 6. The van der Waals surface area contributed by atoms with E-state index in [0.29, 0.717) is 18.8 Å². The van der Waals surface area contributed by atoms with Gasteiger partial charge in [0.2, 0.25) is 0 Å². The smallest absolute Gasteiger partial charge is 0.274 e. The molecule has 3 heterocycles. The minimum Gasteiger partial charge on any atom is -0.488 e. The van der Waals surface area contributed by atoms with E-state index in [1.807, 2.05) is 41.3 Å². The largest absolute Gasteiger partial charge is 0.488 e. The zero-order chi connectivity index (χ0) is 19.4. The summed E-state index contributed by atoms with van der Waals surface area (Å²) in [6, 6.07) is 11.8. The monoisotopic (exact) mass is 383 g/mol. The van der Waals surface area contributed by atoms with Gasteiger partial charge in [0.25, 0.3) is 5.91 Å². The van der Waals surface area contributed by atoms with Gasteiger partial charge in [0.05, 0.1) is 18.8 Å². The van der Waals surface area contributed by atoms with E-state index in [1.54, 1.807) is 0 Å². The SMILES string of the molecule is CCCCc1cc(C(=O)N2CCC[C@@]3(C[C@@H](Oc4ccccc4)CO3)C2)n[nH]1. The van der Waals surface area contributed by atoms with Gasteiger partial charge in [0.1, 0.15) is 17.5 Å². The standard InChI is InChI=1S/C22H29N3O3/c1-2-3-8-17-13-20(24-23-17)21(26)25-12-7-11-22(16-25)14-19(15-27-22)28-18-9-5-4-6-10-18/h4-6,9-10,13,19H,2-3,7-8,11-12,14-16H2,1H3,(H,23,24)/t19-,22-/m1/s1. The minimum absolute atomic E-state index is 0.00546. The molecule has 2 aliphatic rings. The van der Waals surface area contributed by atoms with Gasteiger partial charge in [-0.05, 0) is 43.9 Å². The van der Waals surface area contributed by atoms with Gasteiger partial charge in [0.15, 0.2) is 0 Å². The van der Waals surface area contributed by atoms with Crippen LogP contribution in [0.2, 0.25) is 0 Å². The molecule has 150 valence electrons. The molecule has 2 saturated heterocycles. The fourth-order valence-corrected chi connectivity index (χ4v) is 4.25. The molecule has 2 aromatic rings. The van der Waals surface area contributed by atoms with Crippen molar-refractivity contribution in [3.8, 4) is 5.75 Å². The molecule has 1 N–H and O–H groups in total. The molecule has 1 aromatic carbocycles. The number of likely N-dealkylation sites (tertiary alicyclic amines) is 1. The first-order chi connectivity index (χ1) is 13.7. The van der Waals surface area contributed by atoms with Gasteiger partial charge < -0.3 is 14.4 Å². The van der Waals surface area contributed by atoms with Crippen molar-refractivity contribution in [2.24, 2.45) is 0 Å². The molecular formula is C22H29N3O3. The molecule has 1 aromatic heterocycles. The number of piperidine rings is 1. The predicted octanol–water partition coefficient (Wildman–Crippen LogP) is 3.60. The lowest BCUT2D eigenvalue weighted by Gasteiger charge is -2.39. The molecule has 4 rings (SSSR count). The maximum atomic E-state index is 13.0. The first-order valence-electron chi connectivity index (χ1n) is 10.4. The average Bonchev–Trinajstić information content (AvgIpc) is 3.34. The van der Waals surface area contributed by atoms with Crippen LogP contribution in [-0.4, -0.2) is 52.4 Å². The molecule has 6 heteroatoms. The van der Waals surface area contributed by atoms with E-state index in [2.05, 4.69) is 17.1 Å². The number of hydrogen-bond donors (Lipinski definition) is 1. The molecule has 28 heavy (non-hydrogen) atoms. The topological polar surface area (TPSA) is 67.5 Å². The van der Waals surface area contributed by atoms with Gasteiger partial charge in [-0.15, -0.1) is 0 Å². The van der Waals surface area contributed by atoms with Crippen LogP contribution in [0.1, 0.15) is 55.2 Å². The van der Waals surface area contributed by atoms with E-state index in [4.69, 9.17) is 9.47 Å². The number of aromatic nitrogens is 2. The quantitative estimate of drug-likeness (QED) is 0.828. The Balaban J connectivity index is 1.37. The summed E-state index contributed by atoms with van der Waals surface area (Å²) in [6.07, 6.45) is 5.91. The molecular weight excluding hydrogens is 354 g/mol. The lowest BCUT2D eigenvalue weighted by molar-refractivity contribution is -0.0454. The maximum absolute atomic E-state index is 13.0. The van der Waals surface area contributed by atoms with Crippen molar-refractivity contribution in [3.63, 3.8) is 0 Å². The molecule has 6 nitrogen and oxygen atoms in total. The fraction of sp³-hybridized carbons (Fsp3) is 0.545. The number of para-hydroxylation sites is 1. The highest BCUT2D eigenvalue weighted by molar-refractivity contribution is 5.92. The number of H-pyrrole nitrogens is 1. The molecule has 0 saturated carbocycles. The Morgan fingerprint density at radius 3 is 3.07 bits per heavy atom. The zero-order valence-corrected chi connectivity index (χ0v) is 16.5. The van der Waals surface area contributed by atoms with E-state index in [0.717, 1.165) is 56.5 Å². The van der Waals surface area contributed by atoms with Crippen molar-refractivity contribution >= 4 is 5.91 Å². The molecule has 0 radical (unpaired) electrons. The van der Waals surface area contributed by atoms with Crippen LogP contribution in [0.4, 0.5) is 0 Å².